The van der Waals surface area contributed by atoms with Crippen LogP contribution in [0, 0.1) is 0 Å². The van der Waals surface area contributed by atoms with Crippen molar-refractivity contribution in [1.29, 1.82) is 0 Å². The fourth-order valence-electron chi connectivity index (χ4n) is 5.41. The van der Waals surface area contributed by atoms with E-state index >= 15 is 4.39 Å². The number of esters is 1. The minimum atomic E-state index is -4.87. The van der Waals surface area contributed by atoms with E-state index in [0.29, 0.717) is 24.5 Å². The highest BCUT2D eigenvalue weighted by Crippen LogP contribution is 2.43. The molecule has 0 N–H and O–H groups in total. The minimum absolute atomic E-state index is 0.0241. The highest BCUT2D eigenvalue weighted by atomic mass is 19.4. The van der Waals surface area contributed by atoms with Gasteiger partial charge in [0.15, 0.2) is 6.10 Å². The smallest absolute Gasteiger partial charge is 0.425 e. The summed E-state index contributed by atoms with van der Waals surface area (Å²) in [7, 11) is 0. The van der Waals surface area contributed by atoms with Crippen molar-refractivity contribution >= 4 is 11.9 Å². The number of carboxylic acids is 1. The Bertz CT molecular complexity index is 1320. The summed E-state index contributed by atoms with van der Waals surface area (Å²) in [4.78, 5) is 25.6. The molecule has 2 aromatic rings. The summed E-state index contributed by atoms with van der Waals surface area (Å²) in [6.45, 7) is 4.83. The Morgan fingerprint density at radius 2 is 1.59 bits per heavy atom. The normalized spacial score (nSPS) is 18.6. The SMILES string of the molecule is CCCCCCCCCOc1ccc(C2C=CC(C(=O)[O-])(c3ccccc3C(=O)OC(CCCOCC)C(F)(F)F)C(F)=C2)cc1. The Hall–Kier alpha value is -3.66. The van der Waals surface area contributed by atoms with Gasteiger partial charge in [0, 0.05) is 19.1 Å². The number of hydrogen-bond acceptors (Lipinski definition) is 6. The topological polar surface area (TPSA) is 84.9 Å². The number of hydrogen-bond donors (Lipinski definition) is 0. The standard InChI is InChI=1S/C36H44F4O6/c1-3-5-6-7-8-9-12-24-45-28-19-17-26(18-20-28)27-21-22-35(34(42)43,31(37)25-27)30-15-11-10-14-29(30)33(41)46-32(36(38,39)40)16-13-23-44-4-2/h10-11,14-15,17-22,25,27,32H,3-9,12-13,16,23-24H2,1-2H3,(H,42,43)/p-1. The van der Waals surface area contributed by atoms with E-state index in [-0.39, 0.29) is 13.0 Å². The summed E-state index contributed by atoms with van der Waals surface area (Å²) in [5.41, 5.74) is -2.80. The molecule has 2 aromatic carbocycles. The van der Waals surface area contributed by atoms with Crippen LogP contribution in [0.1, 0.15) is 99.0 Å². The zero-order valence-electron chi connectivity index (χ0n) is 26.5. The number of carbonyl (C=O) groups is 2. The van der Waals surface area contributed by atoms with Crippen molar-refractivity contribution in [2.75, 3.05) is 19.8 Å². The van der Waals surface area contributed by atoms with Crippen LogP contribution in [0.5, 0.6) is 5.75 Å². The number of allylic oxidation sites excluding steroid dienone is 2. The number of aliphatic carboxylic acids is 1. The molecule has 10 heteroatoms. The molecule has 252 valence electrons. The van der Waals surface area contributed by atoms with E-state index in [1.54, 1.807) is 31.2 Å². The van der Waals surface area contributed by atoms with Gasteiger partial charge in [-0.2, -0.15) is 13.2 Å². The fraction of sp³-hybridized carbons (Fsp3) is 0.500. The molecule has 46 heavy (non-hydrogen) atoms. The van der Waals surface area contributed by atoms with E-state index in [4.69, 9.17) is 14.2 Å². The third-order valence-corrected chi connectivity index (χ3v) is 8.01. The van der Waals surface area contributed by atoms with E-state index in [1.165, 1.54) is 56.4 Å². The Labute approximate surface area is 268 Å². The lowest BCUT2D eigenvalue weighted by Gasteiger charge is -2.35. The zero-order valence-corrected chi connectivity index (χ0v) is 26.5. The molecule has 0 aromatic heterocycles. The number of unbranched alkanes of at least 4 members (excludes halogenated alkanes) is 6. The van der Waals surface area contributed by atoms with Crippen LogP contribution in [0.3, 0.4) is 0 Å². The van der Waals surface area contributed by atoms with Gasteiger partial charge >= 0.3 is 12.1 Å². The summed E-state index contributed by atoms with van der Waals surface area (Å²) >= 11 is 0. The van der Waals surface area contributed by atoms with Gasteiger partial charge in [-0.25, -0.2) is 9.18 Å². The summed E-state index contributed by atoms with van der Waals surface area (Å²) in [6.07, 6.45) is 3.89. The number of benzene rings is 2. The van der Waals surface area contributed by atoms with Crippen molar-refractivity contribution < 1.29 is 46.5 Å². The lowest BCUT2D eigenvalue weighted by Crippen LogP contribution is -2.47. The molecule has 1 aliphatic rings. The van der Waals surface area contributed by atoms with Crippen molar-refractivity contribution in [3.05, 3.63) is 89.3 Å². The van der Waals surface area contributed by atoms with Crippen LogP contribution in [0.15, 0.2) is 72.6 Å². The van der Waals surface area contributed by atoms with Gasteiger partial charge in [-0.05, 0) is 61.6 Å². The average Bonchev–Trinajstić information content (AvgIpc) is 3.03. The van der Waals surface area contributed by atoms with Crippen LogP contribution in [-0.4, -0.2) is 44.0 Å². The van der Waals surface area contributed by atoms with Crippen LogP contribution in [-0.2, 0) is 19.7 Å². The largest absolute Gasteiger partial charge is 0.548 e. The quantitative estimate of drug-likeness (QED) is 0.0667. The summed E-state index contributed by atoms with van der Waals surface area (Å²) in [6, 6.07) is 12.0. The number of rotatable bonds is 19. The first-order valence-electron chi connectivity index (χ1n) is 16.0. The van der Waals surface area contributed by atoms with Crippen molar-refractivity contribution in [2.45, 2.75) is 95.2 Å². The molecular formula is C36H43F4O6-. The number of alkyl halides is 3. The Balaban J connectivity index is 1.74. The predicted molar refractivity (Wildman–Crippen MR) is 165 cm³/mol. The Kier molecular flexibility index (Phi) is 14.3. The van der Waals surface area contributed by atoms with Crippen molar-refractivity contribution in [2.24, 2.45) is 0 Å². The van der Waals surface area contributed by atoms with Crippen molar-refractivity contribution in [3.8, 4) is 5.75 Å². The van der Waals surface area contributed by atoms with Gasteiger partial charge in [-0.3, -0.25) is 0 Å². The van der Waals surface area contributed by atoms with Crippen molar-refractivity contribution in [1.82, 2.24) is 0 Å². The van der Waals surface area contributed by atoms with Crippen LogP contribution in [0.2, 0.25) is 0 Å². The first-order valence-corrected chi connectivity index (χ1v) is 16.0. The molecule has 0 aliphatic heterocycles. The zero-order chi connectivity index (χ0) is 33.6. The summed E-state index contributed by atoms with van der Waals surface area (Å²) in [5.74, 6) is -4.43. The molecule has 0 fully saturated rings. The maximum atomic E-state index is 15.9. The molecule has 3 unspecified atom stereocenters. The average molecular weight is 648 g/mol. The first-order chi connectivity index (χ1) is 22.0. The van der Waals surface area contributed by atoms with E-state index in [1.807, 2.05) is 0 Å². The number of carbonyl (C=O) groups excluding carboxylic acids is 2. The van der Waals surface area contributed by atoms with Crippen molar-refractivity contribution in [3.63, 3.8) is 0 Å². The van der Waals surface area contributed by atoms with E-state index in [0.717, 1.165) is 31.1 Å². The molecular weight excluding hydrogens is 604 g/mol. The summed E-state index contributed by atoms with van der Waals surface area (Å²) in [5, 5.41) is 12.5. The van der Waals surface area contributed by atoms with E-state index < -0.39 is 58.9 Å². The van der Waals surface area contributed by atoms with Gasteiger partial charge in [0.25, 0.3) is 0 Å². The maximum Gasteiger partial charge on any atom is 0.425 e. The Morgan fingerprint density at radius 3 is 2.22 bits per heavy atom. The molecule has 6 nitrogen and oxygen atoms in total. The Morgan fingerprint density at radius 1 is 0.913 bits per heavy atom. The lowest BCUT2D eigenvalue weighted by atomic mass is 9.72. The molecule has 0 spiro atoms. The number of ether oxygens (including phenoxy) is 3. The molecule has 0 saturated heterocycles. The molecule has 3 rings (SSSR count). The second-order valence-corrected chi connectivity index (χ2v) is 11.4. The third-order valence-electron chi connectivity index (χ3n) is 8.01. The molecule has 1 aliphatic carbocycles. The van der Waals surface area contributed by atoms with Gasteiger partial charge in [0.1, 0.15) is 17.0 Å². The second kappa shape index (κ2) is 17.9. The van der Waals surface area contributed by atoms with Crippen LogP contribution < -0.4 is 9.84 Å². The van der Waals surface area contributed by atoms with Gasteiger partial charge in [-0.15, -0.1) is 0 Å². The molecule has 0 saturated carbocycles. The first kappa shape index (κ1) is 36.8. The number of halogens is 4. The number of carboxylic acid groups (broad SMARTS) is 1. The minimum Gasteiger partial charge on any atom is -0.548 e. The monoisotopic (exact) mass is 647 g/mol. The van der Waals surface area contributed by atoms with E-state index in [2.05, 4.69) is 6.92 Å². The second-order valence-electron chi connectivity index (χ2n) is 11.4. The maximum absolute atomic E-state index is 15.9. The van der Waals surface area contributed by atoms with Crippen LogP contribution in [0.4, 0.5) is 17.6 Å². The lowest BCUT2D eigenvalue weighted by molar-refractivity contribution is -0.310. The molecule has 0 amide bonds. The van der Waals surface area contributed by atoms with Gasteiger partial charge in [0.05, 0.1) is 18.1 Å². The third kappa shape index (κ3) is 9.92. The van der Waals surface area contributed by atoms with E-state index in [9.17, 15) is 27.9 Å². The van der Waals surface area contributed by atoms with Gasteiger partial charge in [-0.1, -0.05) is 87.9 Å². The fourth-order valence-corrected chi connectivity index (χ4v) is 5.41. The van der Waals surface area contributed by atoms with Crippen LogP contribution >= 0.6 is 0 Å². The molecule has 0 heterocycles. The molecule has 3 atom stereocenters. The van der Waals surface area contributed by atoms with Crippen LogP contribution in [0.25, 0.3) is 0 Å². The summed E-state index contributed by atoms with van der Waals surface area (Å²) < 4.78 is 72.7. The highest BCUT2D eigenvalue weighted by molar-refractivity contribution is 5.97. The molecule has 0 bridgehead atoms. The molecule has 0 radical (unpaired) electrons. The highest BCUT2D eigenvalue weighted by Gasteiger charge is 2.45. The van der Waals surface area contributed by atoms with Gasteiger partial charge in [0.2, 0.25) is 0 Å². The predicted octanol–water partition coefficient (Wildman–Crippen LogP) is 7.92. The van der Waals surface area contributed by atoms with Gasteiger partial charge < -0.3 is 24.1 Å².